The Morgan fingerprint density at radius 2 is 2.58 bits per heavy atom. The highest BCUT2D eigenvalue weighted by molar-refractivity contribution is 5.91. The lowest BCUT2D eigenvalue weighted by molar-refractivity contribution is 0.0943. The predicted molar refractivity (Wildman–Crippen MR) is 41.6 cm³/mol. The third-order valence-electron chi connectivity index (χ3n) is 1.92. The number of rotatable bonds is 3. The highest BCUT2D eigenvalue weighted by Crippen LogP contribution is 2.27. The van der Waals surface area contributed by atoms with Gasteiger partial charge in [0.1, 0.15) is 6.26 Å². The van der Waals surface area contributed by atoms with Crippen LogP contribution in [0.4, 0.5) is 0 Å². The standard InChI is InChI=1S/C8H10N2O2/c11-8(7-3-4-12-10-7)9-5-6-1-2-6/h3-4,6H,1-2,5H2,(H,9,11). The second kappa shape index (κ2) is 2.97. The van der Waals surface area contributed by atoms with Crippen LogP contribution in [-0.2, 0) is 0 Å². The van der Waals surface area contributed by atoms with Crippen LogP contribution in [0, 0.1) is 5.92 Å². The molecule has 12 heavy (non-hydrogen) atoms. The quantitative estimate of drug-likeness (QED) is 0.723. The first kappa shape index (κ1) is 7.34. The molecule has 0 aliphatic heterocycles. The summed E-state index contributed by atoms with van der Waals surface area (Å²) in [6.07, 6.45) is 3.87. The number of hydrogen-bond acceptors (Lipinski definition) is 3. The topological polar surface area (TPSA) is 55.1 Å². The maximum Gasteiger partial charge on any atom is 0.273 e. The number of hydrogen-bond donors (Lipinski definition) is 1. The maximum absolute atomic E-state index is 11.2. The number of amides is 1. The average Bonchev–Trinajstić information content (AvgIpc) is 2.74. The van der Waals surface area contributed by atoms with Crippen molar-refractivity contribution in [2.75, 3.05) is 6.54 Å². The Hall–Kier alpha value is -1.32. The monoisotopic (exact) mass is 166 g/mol. The van der Waals surface area contributed by atoms with Gasteiger partial charge in [-0.15, -0.1) is 0 Å². The summed E-state index contributed by atoms with van der Waals surface area (Å²) in [7, 11) is 0. The zero-order valence-electron chi connectivity index (χ0n) is 6.62. The van der Waals surface area contributed by atoms with E-state index in [0.717, 1.165) is 6.54 Å². The lowest BCUT2D eigenvalue weighted by Crippen LogP contribution is -2.25. The van der Waals surface area contributed by atoms with Crippen molar-refractivity contribution in [3.05, 3.63) is 18.0 Å². The molecule has 4 nitrogen and oxygen atoms in total. The average molecular weight is 166 g/mol. The van der Waals surface area contributed by atoms with E-state index < -0.39 is 0 Å². The molecule has 0 aromatic carbocycles. The summed E-state index contributed by atoms with van der Waals surface area (Å²) in [4.78, 5) is 11.2. The van der Waals surface area contributed by atoms with Crippen molar-refractivity contribution < 1.29 is 9.32 Å². The third kappa shape index (κ3) is 1.64. The molecule has 0 radical (unpaired) electrons. The van der Waals surface area contributed by atoms with E-state index in [1.54, 1.807) is 6.07 Å². The Labute approximate surface area is 69.9 Å². The minimum Gasteiger partial charge on any atom is -0.364 e. The minimum absolute atomic E-state index is 0.143. The Kier molecular flexibility index (Phi) is 1.81. The van der Waals surface area contributed by atoms with Crippen LogP contribution in [0.5, 0.6) is 0 Å². The van der Waals surface area contributed by atoms with Crippen LogP contribution in [0.3, 0.4) is 0 Å². The van der Waals surface area contributed by atoms with Gasteiger partial charge in [-0.05, 0) is 18.8 Å². The van der Waals surface area contributed by atoms with Crippen LogP contribution in [0.1, 0.15) is 23.3 Å². The second-order valence-electron chi connectivity index (χ2n) is 3.04. The lowest BCUT2D eigenvalue weighted by Gasteiger charge is -1.98. The Morgan fingerprint density at radius 1 is 1.75 bits per heavy atom. The zero-order chi connectivity index (χ0) is 8.39. The van der Waals surface area contributed by atoms with Gasteiger partial charge in [-0.3, -0.25) is 4.79 Å². The van der Waals surface area contributed by atoms with Gasteiger partial charge in [0.2, 0.25) is 0 Å². The molecule has 1 fully saturated rings. The van der Waals surface area contributed by atoms with Crippen molar-refractivity contribution in [2.45, 2.75) is 12.8 Å². The normalized spacial score (nSPS) is 16.0. The molecule has 1 amide bonds. The number of carbonyl (C=O) groups excluding carboxylic acids is 1. The van der Waals surface area contributed by atoms with E-state index in [4.69, 9.17) is 0 Å². The first-order valence-corrected chi connectivity index (χ1v) is 4.05. The number of nitrogens with one attached hydrogen (secondary N) is 1. The van der Waals surface area contributed by atoms with Crippen molar-refractivity contribution in [3.63, 3.8) is 0 Å². The molecule has 1 aromatic rings. The van der Waals surface area contributed by atoms with E-state index in [1.807, 2.05) is 0 Å². The lowest BCUT2D eigenvalue weighted by atomic mass is 10.3. The fourth-order valence-corrected chi connectivity index (χ4v) is 0.979. The molecule has 1 aliphatic carbocycles. The zero-order valence-corrected chi connectivity index (χ0v) is 6.62. The molecule has 0 unspecified atom stereocenters. The molecular weight excluding hydrogens is 156 g/mol. The molecule has 0 spiro atoms. The molecule has 1 saturated carbocycles. The minimum atomic E-state index is -0.143. The van der Waals surface area contributed by atoms with E-state index >= 15 is 0 Å². The van der Waals surface area contributed by atoms with Gasteiger partial charge in [-0.25, -0.2) is 0 Å². The third-order valence-corrected chi connectivity index (χ3v) is 1.92. The molecule has 1 aliphatic rings. The number of aromatic nitrogens is 1. The van der Waals surface area contributed by atoms with Gasteiger partial charge in [0, 0.05) is 12.6 Å². The van der Waals surface area contributed by atoms with E-state index in [1.165, 1.54) is 19.1 Å². The highest BCUT2D eigenvalue weighted by Gasteiger charge is 2.22. The van der Waals surface area contributed by atoms with Crippen LogP contribution in [0.25, 0.3) is 0 Å². The van der Waals surface area contributed by atoms with Gasteiger partial charge in [-0.2, -0.15) is 0 Å². The molecule has 1 N–H and O–H groups in total. The molecule has 0 atom stereocenters. The van der Waals surface area contributed by atoms with Crippen LogP contribution in [0.15, 0.2) is 16.9 Å². The van der Waals surface area contributed by atoms with Crippen molar-refractivity contribution in [1.82, 2.24) is 10.5 Å². The predicted octanol–water partition coefficient (Wildman–Crippen LogP) is 0.814. The summed E-state index contributed by atoms with van der Waals surface area (Å²) < 4.78 is 4.55. The fraction of sp³-hybridized carbons (Fsp3) is 0.500. The van der Waals surface area contributed by atoms with Crippen LogP contribution in [-0.4, -0.2) is 17.6 Å². The van der Waals surface area contributed by atoms with E-state index in [-0.39, 0.29) is 5.91 Å². The fourth-order valence-electron chi connectivity index (χ4n) is 0.979. The molecule has 0 bridgehead atoms. The van der Waals surface area contributed by atoms with Crippen molar-refractivity contribution in [2.24, 2.45) is 5.92 Å². The molecule has 2 rings (SSSR count). The van der Waals surface area contributed by atoms with Crippen LogP contribution < -0.4 is 5.32 Å². The van der Waals surface area contributed by atoms with Gasteiger partial charge in [0.15, 0.2) is 5.69 Å². The molecule has 64 valence electrons. The SMILES string of the molecule is O=C(NCC1CC1)c1ccon1. The largest absolute Gasteiger partial charge is 0.364 e. The van der Waals surface area contributed by atoms with Gasteiger partial charge in [0.25, 0.3) is 5.91 Å². The summed E-state index contributed by atoms with van der Waals surface area (Å²) in [5, 5.41) is 6.31. The molecule has 0 saturated heterocycles. The van der Waals surface area contributed by atoms with Gasteiger partial charge in [-0.1, -0.05) is 5.16 Å². The van der Waals surface area contributed by atoms with E-state index in [0.29, 0.717) is 11.6 Å². The van der Waals surface area contributed by atoms with Crippen molar-refractivity contribution >= 4 is 5.91 Å². The number of nitrogens with zero attached hydrogens (tertiary/aromatic N) is 1. The molecule has 1 aromatic heterocycles. The van der Waals surface area contributed by atoms with Gasteiger partial charge in [0.05, 0.1) is 0 Å². The maximum atomic E-state index is 11.2. The molecular formula is C8H10N2O2. The Bertz CT molecular complexity index is 265. The molecule has 4 heteroatoms. The van der Waals surface area contributed by atoms with Crippen molar-refractivity contribution in [1.29, 1.82) is 0 Å². The first-order chi connectivity index (χ1) is 5.86. The van der Waals surface area contributed by atoms with E-state index in [2.05, 4.69) is 15.0 Å². The summed E-state index contributed by atoms with van der Waals surface area (Å²) in [6, 6.07) is 1.56. The summed E-state index contributed by atoms with van der Waals surface area (Å²) in [6.45, 7) is 0.770. The van der Waals surface area contributed by atoms with E-state index in [9.17, 15) is 4.79 Å². The Balaban J connectivity index is 1.83. The first-order valence-electron chi connectivity index (χ1n) is 4.05. The van der Waals surface area contributed by atoms with Gasteiger partial charge < -0.3 is 9.84 Å². The van der Waals surface area contributed by atoms with Gasteiger partial charge >= 0.3 is 0 Å². The smallest absolute Gasteiger partial charge is 0.273 e. The second-order valence-corrected chi connectivity index (χ2v) is 3.04. The summed E-state index contributed by atoms with van der Waals surface area (Å²) >= 11 is 0. The van der Waals surface area contributed by atoms with Crippen LogP contribution >= 0.6 is 0 Å². The number of carbonyl (C=O) groups is 1. The summed E-state index contributed by atoms with van der Waals surface area (Å²) in [5.74, 6) is 0.552. The van der Waals surface area contributed by atoms with Crippen LogP contribution in [0.2, 0.25) is 0 Å². The highest BCUT2D eigenvalue weighted by atomic mass is 16.5. The molecule has 1 heterocycles. The Morgan fingerprint density at radius 3 is 3.17 bits per heavy atom. The van der Waals surface area contributed by atoms with Crippen molar-refractivity contribution in [3.8, 4) is 0 Å². The summed E-state index contributed by atoms with van der Waals surface area (Å²) in [5.41, 5.74) is 0.357.